The zero-order valence-electron chi connectivity index (χ0n) is 8.91. The molecule has 0 aromatic carbocycles. The SMILES string of the molecule is CCOC(=O)CNc1ncc(C)cc1N. The van der Waals surface area contributed by atoms with Gasteiger partial charge < -0.3 is 15.8 Å². The lowest BCUT2D eigenvalue weighted by molar-refractivity contribution is -0.140. The lowest BCUT2D eigenvalue weighted by Gasteiger charge is -2.07. The number of rotatable bonds is 4. The molecule has 5 nitrogen and oxygen atoms in total. The van der Waals surface area contributed by atoms with E-state index in [1.165, 1.54) is 0 Å². The maximum absolute atomic E-state index is 11.0. The number of anilines is 2. The highest BCUT2D eigenvalue weighted by Gasteiger charge is 2.04. The number of carbonyl (C=O) groups excluding carboxylic acids is 1. The van der Waals surface area contributed by atoms with Crippen molar-refractivity contribution in [2.45, 2.75) is 13.8 Å². The monoisotopic (exact) mass is 209 g/mol. The molecule has 15 heavy (non-hydrogen) atoms. The topological polar surface area (TPSA) is 77.2 Å². The molecule has 0 saturated carbocycles. The van der Waals surface area contributed by atoms with Crippen LogP contribution in [-0.2, 0) is 9.53 Å². The fourth-order valence-corrected chi connectivity index (χ4v) is 1.11. The average molecular weight is 209 g/mol. The molecule has 0 aliphatic rings. The van der Waals surface area contributed by atoms with Gasteiger partial charge in [0.05, 0.1) is 12.3 Å². The lowest BCUT2D eigenvalue weighted by atomic mass is 10.3. The van der Waals surface area contributed by atoms with Crippen LogP contribution in [0.3, 0.4) is 0 Å². The van der Waals surface area contributed by atoms with Crippen molar-refractivity contribution in [3.05, 3.63) is 17.8 Å². The highest BCUT2D eigenvalue weighted by molar-refractivity contribution is 5.76. The first-order chi connectivity index (χ1) is 7.13. The van der Waals surface area contributed by atoms with Crippen LogP contribution in [0.2, 0.25) is 0 Å². The third kappa shape index (κ3) is 3.46. The van der Waals surface area contributed by atoms with Crippen molar-refractivity contribution in [1.82, 2.24) is 4.98 Å². The number of carbonyl (C=O) groups is 1. The highest BCUT2D eigenvalue weighted by atomic mass is 16.5. The molecule has 0 aliphatic heterocycles. The van der Waals surface area contributed by atoms with Gasteiger partial charge in [-0.3, -0.25) is 4.79 Å². The maximum atomic E-state index is 11.0. The van der Waals surface area contributed by atoms with Crippen LogP contribution in [0.5, 0.6) is 0 Å². The van der Waals surface area contributed by atoms with Crippen LogP contribution < -0.4 is 11.1 Å². The molecule has 3 N–H and O–H groups in total. The summed E-state index contributed by atoms with van der Waals surface area (Å²) in [5, 5.41) is 2.81. The van der Waals surface area contributed by atoms with Crippen LogP contribution in [0.1, 0.15) is 12.5 Å². The van der Waals surface area contributed by atoms with E-state index < -0.39 is 0 Å². The molecule has 0 fully saturated rings. The maximum Gasteiger partial charge on any atom is 0.325 e. The Morgan fingerprint density at radius 2 is 2.40 bits per heavy atom. The number of hydrogen-bond acceptors (Lipinski definition) is 5. The molecule has 1 rings (SSSR count). The largest absolute Gasteiger partial charge is 0.465 e. The second-order valence-corrected chi connectivity index (χ2v) is 3.11. The predicted octanol–water partition coefficient (Wildman–Crippen LogP) is 0.947. The van der Waals surface area contributed by atoms with Gasteiger partial charge in [-0.25, -0.2) is 4.98 Å². The number of pyridine rings is 1. The Balaban J connectivity index is 2.54. The second-order valence-electron chi connectivity index (χ2n) is 3.11. The molecule has 0 spiro atoms. The van der Waals surface area contributed by atoms with Crippen molar-refractivity contribution in [2.75, 3.05) is 24.2 Å². The van der Waals surface area contributed by atoms with E-state index in [-0.39, 0.29) is 12.5 Å². The average Bonchev–Trinajstić information content (AvgIpc) is 2.17. The van der Waals surface area contributed by atoms with Gasteiger partial charge >= 0.3 is 5.97 Å². The number of nitrogen functional groups attached to an aromatic ring is 1. The summed E-state index contributed by atoms with van der Waals surface area (Å²) < 4.78 is 4.76. The van der Waals surface area contributed by atoms with Crippen molar-refractivity contribution in [2.24, 2.45) is 0 Å². The van der Waals surface area contributed by atoms with Crippen molar-refractivity contribution < 1.29 is 9.53 Å². The summed E-state index contributed by atoms with van der Waals surface area (Å²) in [7, 11) is 0. The van der Waals surface area contributed by atoms with Gasteiger partial charge in [0.2, 0.25) is 0 Å². The third-order valence-corrected chi connectivity index (χ3v) is 1.76. The fourth-order valence-electron chi connectivity index (χ4n) is 1.11. The summed E-state index contributed by atoms with van der Waals surface area (Å²) >= 11 is 0. The number of ether oxygens (including phenoxy) is 1. The Labute approximate surface area is 88.6 Å². The molecule has 1 aromatic heterocycles. The molecular formula is C10H15N3O2. The van der Waals surface area contributed by atoms with Gasteiger partial charge in [-0.1, -0.05) is 0 Å². The molecule has 1 aromatic rings. The van der Waals surface area contributed by atoms with Crippen molar-refractivity contribution >= 4 is 17.5 Å². The number of aromatic nitrogens is 1. The van der Waals surface area contributed by atoms with Gasteiger partial charge in [0.1, 0.15) is 12.4 Å². The Bertz CT molecular complexity index is 353. The molecular weight excluding hydrogens is 194 g/mol. The Morgan fingerprint density at radius 1 is 1.67 bits per heavy atom. The summed E-state index contributed by atoms with van der Waals surface area (Å²) in [6.45, 7) is 4.11. The van der Waals surface area contributed by atoms with Gasteiger partial charge in [-0.15, -0.1) is 0 Å². The van der Waals surface area contributed by atoms with Gasteiger partial charge in [-0.05, 0) is 25.5 Å². The predicted molar refractivity (Wildman–Crippen MR) is 58.5 cm³/mol. The highest BCUT2D eigenvalue weighted by Crippen LogP contribution is 2.15. The number of nitrogens with zero attached hydrogens (tertiary/aromatic N) is 1. The zero-order valence-corrected chi connectivity index (χ0v) is 8.91. The van der Waals surface area contributed by atoms with Crippen LogP contribution in [-0.4, -0.2) is 24.1 Å². The van der Waals surface area contributed by atoms with Crippen molar-refractivity contribution in [1.29, 1.82) is 0 Å². The first kappa shape index (κ1) is 11.3. The fraction of sp³-hybridized carbons (Fsp3) is 0.400. The zero-order chi connectivity index (χ0) is 11.3. The Kier molecular flexibility index (Phi) is 3.91. The van der Waals surface area contributed by atoms with Gasteiger partial charge in [0.15, 0.2) is 0 Å². The number of nitrogens with one attached hydrogen (secondary N) is 1. The van der Waals surface area contributed by atoms with E-state index in [4.69, 9.17) is 10.5 Å². The molecule has 0 aliphatic carbocycles. The van der Waals surface area contributed by atoms with E-state index in [1.807, 2.05) is 6.92 Å². The van der Waals surface area contributed by atoms with E-state index in [0.29, 0.717) is 18.1 Å². The summed E-state index contributed by atoms with van der Waals surface area (Å²) in [4.78, 5) is 15.1. The second kappa shape index (κ2) is 5.19. The summed E-state index contributed by atoms with van der Waals surface area (Å²) in [5.41, 5.74) is 7.21. The number of hydrogen-bond donors (Lipinski definition) is 2. The molecule has 5 heteroatoms. The van der Waals surface area contributed by atoms with E-state index in [2.05, 4.69) is 10.3 Å². The normalized spacial score (nSPS) is 9.73. The van der Waals surface area contributed by atoms with E-state index in [9.17, 15) is 4.79 Å². The quantitative estimate of drug-likeness (QED) is 0.722. The first-order valence-corrected chi connectivity index (χ1v) is 4.75. The van der Waals surface area contributed by atoms with Crippen LogP contribution >= 0.6 is 0 Å². The minimum Gasteiger partial charge on any atom is -0.465 e. The van der Waals surface area contributed by atoms with Crippen LogP contribution in [0.4, 0.5) is 11.5 Å². The van der Waals surface area contributed by atoms with E-state index >= 15 is 0 Å². The molecule has 1 heterocycles. The van der Waals surface area contributed by atoms with E-state index in [1.54, 1.807) is 19.2 Å². The minimum atomic E-state index is -0.320. The van der Waals surface area contributed by atoms with Gasteiger partial charge in [0, 0.05) is 6.20 Å². The number of nitrogens with two attached hydrogens (primary N) is 1. The van der Waals surface area contributed by atoms with Crippen molar-refractivity contribution in [3.8, 4) is 0 Å². The van der Waals surface area contributed by atoms with Crippen LogP contribution in [0.15, 0.2) is 12.3 Å². The standard InChI is InChI=1S/C10H15N3O2/c1-3-15-9(14)6-13-10-8(11)4-7(2)5-12-10/h4-5H,3,6,11H2,1-2H3,(H,12,13). The Morgan fingerprint density at radius 3 is 3.00 bits per heavy atom. The van der Waals surface area contributed by atoms with Gasteiger partial charge in [0.25, 0.3) is 0 Å². The number of esters is 1. The molecule has 0 saturated heterocycles. The summed E-state index contributed by atoms with van der Waals surface area (Å²) in [6, 6.07) is 1.79. The van der Waals surface area contributed by atoms with Crippen LogP contribution in [0.25, 0.3) is 0 Å². The molecule has 0 atom stereocenters. The van der Waals surface area contributed by atoms with Crippen LogP contribution in [0, 0.1) is 6.92 Å². The summed E-state index contributed by atoms with van der Waals surface area (Å²) in [5.74, 6) is 0.188. The molecule has 82 valence electrons. The van der Waals surface area contributed by atoms with E-state index in [0.717, 1.165) is 5.56 Å². The first-order valence-electron chi connectivity index (χ1n) is 4.75. The molecule has 0 radical (unpaired) electrons. The minimum absolute atomic E-state index is 0.0775. The third-order valence-electron chi connectivity index (χ3n) is 1.76. The molecule has 0 amide bonds. The number of aryl methyl sites for hydroxylation is 1. The lowest BCUT2D eigenvalue weighted by Crippen LogP contribution is -2.18. The van der Waals surface area contributed by atoms with Crippen molar-refractivity contribution in [3.63, 3.8) is 0 Å². The Hall–Kier alpha value is -1.78. The smallest absolute Gasteiger partial charge is 0.325 e. The van der Waals surface area contributed by atoms with Gasteiger partial charge in [-0.2, -0.15) is 0 Å². The molecule has 0 bridgehead atoms. The summed E-state index contributed by atoms with van der Waals surface area (Å²) in [6.07, 6.45) is 1.68. The molecule has 0 unspecified atom stereocenters.